The zero-order valence-corrected chi connectivity index (χ0v) is 28.1. The standard InChI is InChI=1S/C41H39FN4O5/c42-29-10-15-35(40(49)44-24-28-7-5-4-6-27(28)20-32(44)25-43-16-18-51-19-17-43)36(21-29)39-23-37(38-22-34(48)26-45(38)39)41(50)46(30-8-2-1-3-9-30)31-11-13-33(47)14-12-31/h1-15,21,23,32,34,47-48H,16-20,22,24-26H2/t32-,34+/m0/s1. The van der Waals surface area contributed by atoms with Crippen LogP contribution in [0.15, 0.2) is 103 Å². The van der Waals surface area contributed by atoms with Crippen molar-refractivity contribution in [3.63, 3.8) is 0 Å². The number of benzene rings is 4. The van der Waals surface area contributed by atoms with E-state index in [0.29, 0.717) is 72.2 Å². The van der Waals surface area contributed by atoms with Crippen LogP contribution in [-0.2, 0) is 30.7 Å². The van der Waals surface area contributed by atoms with Gasteiger partial charge in [-0.05, 0) is 78.2 Å². The first-order valence-corrected chi connectivity index (χ1v) is 17.4. The summed E-state index contributed by atoms with van der Waals surface area (Å²) >= 11 is 0. The number of aliphatic hydroxyl groups excluding tert-OH is 1. The second-order valence-electron chi connectivity index (χ2n) is 13.5. The van der Waals surface area contributed by atoms with Gasteiger partial charge < -0.3 is 24.4 Å². The number of halogens is 1. The van der Waals surface area contributed by atoms with Gasteiger partial charge in [0.15, 0.2) is 0 Å². The number of phenols is 1. The third-order valence-corrected chi connectivity index (χ3v) is 10.3. The average molecular weight is 687 g/mol. The molecule has 1 saturated heterocycles. The maximum atomic E-state index is 15.2. The lowest BCUT2D eigenvalue weighted by atomic mass is 9.92. The highest BCUT2D eigenvalue weighted by Crippen LogP contribution is 2.38. The lowest BCUT2D eigenvalue weighted by molar-refractivity contribution is 0.0193. The minimum Gasteiger partial charge on any atom is -0.508 e. The molecule has 3 aliphatic rings. The van der Waals surface area contributed by atoms with Crippen LogP contribution in [0.25, 0.3) is 11.3 Å². The van der Waals surface area contributed by atoms with E-state index < -0.39 is 11.9 Å². The van der Waals surface area contributed by atoms with Crippen LogP contribution < -0.4 is 4.90 Å². The van der Waals surface area contributed by atoms with Crippen LogP contribution in [0.2, 0.25) is 0 Å². The Kier molecular flexibility index (Phi) is 8.89. The Morgan fingerprint density at radius 3 is 2.29 bits per heavy atom. The van der Waals surface area contributed by atoms with Crippen LogP contribution in [-0.4, -0.2) is 81.4 Å². The van der Waals surface area contributed by atoms with Crippen LogP contribution in [0.5, 0.6) is 5.75 Å². The molecule has 4 aromatic carbocycles. The Labute approximate surface area is 295 Å². The molecule has 51 heavy (non-hydrogen) atoms. The number of ether oxygens (including phenoxy) is 1. The van der Waals surface area contributed by atoms with Gasteiger partial charge in [0.1, 0.15) is 11.6 Å². The number of phenolic OH excluding ortho intramolecular Hbond substituents is 1. The highest BCUT2D eigenvalue weighted by atomic mass is 19.1. The molecule has 0 spiro atoms. The molecule has 1 fully saturated rings. The molecule has 0 aliphatic carbocycles. The van der Waals surface area contributed by atoms with Gasteiger partial charge in [-0.15, -0.1) is 0 Å². The third-order valence-electron chi connectivity index (χ3n) is 10.3. The number of aromatic hydroxyl groups is 1. The van der Waals surface area contributed by atoms with Gasteiger partial charge >= 0.3 is 0 Å². The molecular formula is C41H39FN4O5. The molecule has 260 valence electrons. The minimum atomic E-state index is -0.755. The van der Waals surface area contributed by atoms with Crippen molar-refractivity contribution in [3.8, 4) is 17.0 Å². The monoisotopic (exact) mass is 686 g/mol. The van der Waals surface area contributed by atoms with E-state index in [1.807, 2.05) is 51.9 Å². The van der Waals surface area contributed by atoms with E-state index in [4.69, 9.17) is 4.74 Å². The molecule has 4 heterocycles. The number of rotatable bonds is 7. The first-order valence-electron chi connectivity index (χ1n) is 17.4. The van der Waals surface area contributed by atoms with E-state index in [-0.39, 0.29) is 36.6 Å². The summed E-state index contributed by atoms with van der Waals surface area (Å²) in [4.78, 5) is 35.2. The quantitative estimate of drug-likeness (QED) is 0.225. The summed E-state index contributed by atoms with van der Waals surface area (Å²) in [5, 5.41) is 20.9. The van der Waals surface area contributed by atoms with Gasteiger partial charge in [-0.25, -0.2) is 4.39 Å². The predicted molar refractivity (Wildman–Crippen MR) is 192 cm³/mol. The first-order chi connectivity index (χ1) is 24.8. The van der Waals surface area contributed by atoms with Crippen molar-refractivity contribution in [1.29, 1.82) is 0 Å². The molecule has 2 amide bonds. The second kappa shape index (κ2) is 13.8. The van der Waals surface area contributed by atoms with E-state index in [0.717, 1.165) is 18.7 Å². The Balaban J connectivity index is 1.20. The molecule has 0 radical (unpaired) electrons. The fraction of sp³-hybridized carbons (Fsp3) is 0.268. The van der Waals surface area contributed by atoms with Crippen LogP contribution in [0.4, 0.5) is 15.8 Å². The van der Waals surface area contributed by atoms with E-state index >= 15 is 4.39 Å². The molecule has 8 rings (SSSR count). The lowest BCUT2D eigenvalue weighted by Gasteiger charge is -2.40. The smallest absolute Gasteiger partial charge is 0.264 e. The SMILES string of the molecule is O=C(c1cc(-c2cc(F)ccc2C(=O)N2Cc3ccccc3C[C@H]2CN2CCOCC2)n2c1C[C@@H](O)C2)N(c1ccccc1)c1ccc(O)cc1. The van der Waals surface area contributed by atoms with Crippen LogP contribution >= 0.6 is 0 Å². The summed E-state index contributed by atoms with van der Waals surface area (Å²) in [6, 6.07) is 29.6. The van der Waals surface area contributed by atoms with Crippen LogP contribution in [0.3, 0.4) is 0 Å². The number of para-hydroxylation sites is 1. The number of anilines is 2. The highest BCUT2D eigenvalue weighted by molar-refractivity contribution is 6.12. The van der Waals surface area contributed by atoms with E-state index in [1.54, 1.807) is 29.2 Å². The maximum absolute atomic E-state index is 15.2. The fourth-order valence-corrected chi connectivity index (χ4v) is 7.75. The summed E-state index contributed by atoms with van der Waals surface area (Å²) in [6.07, 6.45) is 0.172. The van der Waals surface area contributed by atoms with Gasteiger partial charge in [-0.1, -0.05) is 42.5 Å². The number of nitrogens with zero attached hydrogens (tertiary/aromatic N) is 4. The minimum absolute atomic E-state index is 0.0713. The van der Waals surface area contributed by atoms with Gasteiger partial charge in [0.25, 0.3) is 11.8 Å². The van der Waals surface area contributed by atoms with Crippen molar-refractivity contribution < 1.29 is 28.9 Å². The fourth-order valence-electron chi connectivity index (χ4n) is 7.75. The summed E-state index contributed by atoms with van der Waals surface area (Å²) < 4.78 is 22.7. The molecule has 0 saturated carbocycles. The van der Waals surface area contributed by atoms with Gasteiger partial charge in [-0.2, -0.15) is 0 Å². The molecule has 3 aliphatic heterocycles. The van der Waals surface area contributed by atoms with Crippen molar-refractivity contribution in [1.82, 2.24) is 14.4 Å². The Hall–Kier alpha value is -5.29. The number of fused-ring (bicyclic) bond motifs is 2. The topological polar surface area (TPSA) is 98.5 Å². The molecule has 10 heteroatoms. The number of carbonyl (C=O) groups excluding carboxylic acids is 2. The summed E-state index contributed by atoms with van der Waals surface area (Å²) in [5.41, 5.74) is 5.62. The molecule has 1 aromatic heterocycles. The summed E-state index contributed by atoms with van der Waals surface area (Å²) in [5.74, 6) is -0.998. The van der Waals surface area contributed by atoms with Crippen LogP contribution in [0.1, 0.15) is 37.5 Å². The van der Waals surface area contributed by atoms with Crippen molar-refractivity contribution in [3.05, 3.63) is 137 Å². The second-order valence-corrected chi connectivity index (χ2v) is 13.5. The maximum Gasteiger partial charge on any atom is 0.264 e. The Morgan fingerprint density at radius 1 is 0.824 bits per heavy atom. The molecule has 2 N–H and O–H groups in total. The van der Waals surface area contributed by atoms with Crippen molar-refractivity contribution in [2.24, 2.45) is 0 Å². The normalized spacial score (nSPS) is 18.7. The highest BCUT2D eigenvalue weighted by Gasteiger charge is 2.36. The number of hydrogen-bond acceptors (Lipinski definition) is 6. The van der Waals surface area contributed by atoms with Gasteiger partial charge in [0.2, 0.25) is 0 Å². The number of aromatic nitrogens is 1. The summed E-state index contributed by atoms with van der Waals surface area (Å²) in [6.45, 7) is 4.21. The van der Waals surface area contributed by atoms with Gasteiger partial charge in [-0.3, -0.25) is 19.4 Å². The van der Waals surface area contributed by atoms with Gasteiger partial charge in [0.05, 0.1) is 30.6 Å². The zero-order chi connectivity index (χ0) is 35.1. The van der Waals surface area contributed by atoms with E-state index in [9.17, 15) is 19.8 Å². The van der Waals surface area contributed by atoms with Crippen LogP contribution in [0, 0.1) is 5.82 Å². The lowest BCUT2D eigenvalue weighted by Crippen LogP contribution is -2.52. The predicted octanol–water partition coefficient (Wildman–Crippen LogP) is 5.79. The van der Waals surface area contributed by atoms with E-state index in [1.165, 1.54) is 29.8 Å². The first kappa shape index (κ1) is 32.9. The number of morpholine rings is 1. The molecule has 5 aromatic rings. The third kappa shape index (κ3) is 6.42. The van der Waals surface area contributed by atoms with Gasteiger partial charge in [0, 0.05) is 73.4 Å². The molecular weight excluding hydrogens is 647 g/mol. The van der Waals surface area contributed by atoms with Crippen molar-refractivity contribution >= 4 is 23.2 Å². The average Bonchev–Trinajstić information content (AvgIpc) is 3.70. The Bertz CT molecular complexity index is 2080. The number of aliphatic hydroxyl groups is 1. The van der Waals surface area contributed by atoms with Crippen molar-refractivity contribution in [2.75, 3.05) is 37.7 Å². The zero-order valence-electron chi connectivity index (χ0n) is 28.1. The summed E-state index contributed by atoms with van der Waals surface area (Å²) in [7, 11) is 0. The molecule has 9 nitrogen and oxygen atoms in total. The Morgan fingerprint density at radius 2 is 1.53 bits per heavy atom. The molecule has 2 atom stereocenters. The number of hydrogen-bond donors (Lipinski definition) is 2. The molecule has 0 unspecified atom stereocenters. The van der Waals surface area contributed by atoms with E-state index in [2.05, 4.69) is 17.0 Å². The largest absolute Gasteiger partial charge is 0.508 e. The van der Waals surface area contributed by atoms with Crippen molar-refractivity contribution in [2.45, 2.75) is 38.1 Å². The number of carbonyl (C=O) groups is 2. The molecule has 0 bridgehead atoms. The number of amides is 2.